The first-order valence-electron chi connectivity index (χ1n) is 8.17. The minimum absolute atomic E-state index is 0.432. The summed E-state index contributed by atoms with van der Waals surface area (Å²) in [6.45, 7) is 2.40. The normalized spacial score (nSPS) is 14.8. The predicted molar refractivity (Wildman–Crippen MR) is 93.9 cm³/mol. The molecule has 1 aliphatic carbocycles. The maximum Gasteiger partial charge on any atom is 0.232 e. The molecule has 0 unspecified atom stereocenters. The van der Waals surface area contributed by atoms with E-state index in [1.807, 2.05) is 37.3 Å². The van der Waals surface area contributed by atoms with Gasteiger partial charge in [-0.15, -0.1) is 0 Å². The molecule has 0 fully saturated rings. The number of rotatable bonds is 4. The van der Waals surface area contributed by atoms with Gasteiger partial charge in [-0.05, 0) is 67.2 Å². The van der Waals surface area contributed by atoms with Gasteiger partial charge in [-0.2, -0.15) is 5.26 Å². The van der Waals surface area contributed by atoms with Crippen molar-refractivity contribution in [3.05, 3.63) is 52.7 Å². The number of benzene rings is 1. The number of hydrogen-bond acceptors (Lipinski definition) is 4. The third-order valence-electron chi connectivity index (χ3n) is 4.12. The van der Waals surface area contributed by atoms with Gasteiger partial charge in [0, 0.05) is 0 Å². The molecule has 0 spiro atoms. The number of aromatic nitrogens is 1. The van der Waals surface area contributed by atoms with E-state index in [0.29, 0.717) is 18.1 Å². The van der Waals surface area contributed by atoms with E-state index in [1.165, 1.54) is 5.57 Å². The number of pyridine rings is 1. The topological polar surface area (TPSA) is 55.1 Å². The van der Waals surface area contributed by atoms with E-state index in [9.17, 15) is 5.26 Å². The van der Waals surface area contributed by atoms with Crippen LogP contribution in [0.4, 0.5) is 0 Å². The molecule has 0 N–H and O–H groups in total. The Bertz CT molecular complexity index is 802. The van der Waals surface area contributed by atoms with Crippen molar-refractivity contribution in [3.63, 3.8) is 0 Å². The van der Waals surface area contributed by atoms with Crippen LogP contribution in [-0.4, -0.2) is 18.7 Å². The molecular formula is C20H20N2O2. The van der Waals surface area contributed by atoms with Crippen molar-refractivity contribution in [2.24, 2.45) is 0 Å². The van der Waals surface area contributed by atoms with Crippen LogP contribution in [0, 0.1) is 11.3 Å². The maximum absolute atomic E-state index is 9.30. The van der Waals surface area contributed by atoms with Crippen molar-refractivity contribution in [1.82, 2.24) is 4.98 Å². The Morgan fingerprint density at radius 2 is 2.04 bits per heavy atom. The molecule has 0 amide bonds. The zero-order chi connectivity index (χ0) is 16.9. The zero-order valence-electron chi connectivity index (χ0n) is 14.0. The summed E-state index contributed by atoms with van der Waals surface area (Å²) in [4.78, 5) is 4.65. The van der Waals surface area contributed by atoms with Gasteiger partial charge in [0.15, 0.2) is 0 Å². The Kier molecular flexibility index (Phi) is 4.81. The highest BCUT2D eigenvalue weighted by Crippen LogP contribution is 2.34. The third kappa shape index (κ3) is 3.26. The molecule has 24 heavy (non-hydrogen) atoms. The first kappa shape index (κ1) is 16.1. The fourth-order valence-corrected chi connectivity index (χ4v) is 2.96. The highest BCUT2D eigenvalue weighted by atomic mass is 16.5. The molecule has 4 heteroatoms. The van der Waals surface area contributed by atoms with E-state index in [-0.39, 0.29) is 0 Å². The average Bonchev–Trinajstić information content (AvgIpc) is 2.62. The summed E-state index contributed by atoms with van der Waals surface area (Å²) < 4.78 is 10.7. The predicted octanol–water partition coefficient (Wildman–Crippen LogP) is 4.24. The number of ether oxygens (including phenoxy) is 2. The minimum atomic E-state index is 0.432. The van der Waals surface area contributed by atoms with Gasteiger partial charge in [-0.3, -0.25) is 0 Å². The van der Waals surface area contributed by atoms with Crippen LogP contribution in [0.15, 0.2) is 30.3 Å². The second kappa shape index (κ2) is 7.18. The number of nitriles is 1. The number of nitrogens with zero attached hydrogens (tertiary/aromatic N) is 2. The molecule has 1 aromatic carbocycles. The Morgan fingerprint density at radius 3 is 2.71 bits per heavy atom. The number of fused-ring (bicyclic) bond motifs is 1. The smallest absolute Gasteiger partial charge is 0.232 e. The largest absolute Gasteiger partial charge is 0.497 e. The molecule has 1 aliphatic rings. The molecule has 1 aromatic heterocycles. The summed E-state index contributed by atoms with van der Waals surface area (Å²) in [7, 11) is 1.66. The van der Waals surface area contributed by atoms with Gasteiger partial charge in [0.1, 0.15) is 17.4 Å². The van der Waals surface area contributed by atoms with Crippen LogP contribution in [0.5, 0.6) is 11.6 Å². The van der Waals surface area contributed by atoms with Gasteiger partial charge in [0.2, 0.25) is 5.88 Å². The Balaban J connectivity index is 2.02. The zero-order valence-corrected chi connectivity index (χ0v) is 14.0. The number of hydrogen-bond donors (Lipinski definition) is 0. The number of aryl methyl sites for hydroxylation is 1. The van der Waals surface area contributed by atoms with Gasteiger partial charge in [0.25, 0.3) is 0 Å². The summed E-state index contributed by atoms with van der Waals surface area (Å²) in [6, 6.07) is 12.1. The van der Waals surface area contributed by atoms with E-state index < -0.39 is 0 Å². The van der Waals surface area contributed by atoms with Crippen LogP contribution >= 0.6 is 0 Å². The van der Waals surface area contributed by atoms with Crippen LogP contribution in [0.3, 0.4) is 0 Å². The minimum Gasteiger partial charge on any atom is -0.497 e. The first-order chi connectivity index (χ1) is 11.7. The third-order valence-corrected chi connectivity index (χ3v) is 4.12. The van der Waals surface area contributed by atoms with Gasteiger partial charge < -0.3 is 9.47 Å². The van der Waals surface area contributed by atoms with Crippen LogP contribution in [0.2, 0.25) is 0 Å². The maximum atomic E-state index is 9.30. The standard InChI is InChI=1S/C20H20N2O2/c1-3-24-20-17(13-21)12-16-6-4-5-15(19(16)22-20)11-14-7-9-18(23-2)10-8-14/h7-12H,3-6H2,1-2H3. The molecule has 0 aliphatic heterocycles. The summed E-state index contributed by atoms with van der Waals surface area (Å²) in [6.07, 6.45) is 5.15. The molecule has 2 aromatic rings. The number of allylic oxidation sites excluding steroid dienone is 1. The van der Waals surface area contributed by atoms with Crippen molar-refractivity contribution in [3.8, 4) is 17.7 Å². The fraction of sp³-hybridized carbons (Fsp3) is 0.300. The van der Waals surface area contributed by atoms with Gasteiger partial charge in [0.05, 0.1) is 19.4 Å². The molecule has 0 saturated carbocycles. The number of methoxy groups -OCH3 is 1. The van der Waals surface area contributed by atoms with Crippen molar-refractivity contribution >= 4 is 11.6 Å². The molecule has 0 bridgehead atoms. The summed E-state index contributed by atoms with van der Waals surface area (Å²) in [5.74, 6) is 1.28. The average molecular weight is 320 g/mol. The van der Waals surface area contributed by atoms with Crippen molar-refractivity contribution < 1.29 is 9.47 Å². The van der Waals surface area contributed by atoms with Crippen LogP contribution in [0.1, 0.15) is 42.1 Å². The summed E-state index contributed by atoms with van der Waals surface area (Å²) in [5, 5.41) is 9.30. The monoisotopic (exact) mass is 320 g/mol. The van der Waals surface area contributed by atoms with E-state index >= 15 is 0 Å². The lowest BCUT2D eigenvalue weighted by molar-refractivity contribution is 0.325. The van der Waals surface area contributed by atoms with E-state index in [2.05, 4.69) is 17.1 Å². The highest BCUT2D eigenvalue weighted by molar-refractivity contribution is 5.82. The molecule has 0 saturated heterocycles. The lowest BCUT2D eigenvalue weighted by Crippen LogP contribution is -2.08. The SMILES string of the molecule is CCOc1nc2c(cc1C#N)CCCC2=Cc1ccc(OC)cc1. The Morgan fingerprint density at radius 1 is 1.25 bits per heavy atom. The van der Waals surface area contributed by atoms with Gasteiger partial charge >= 0.3 is 0 Å². The van der Waals surface area contributed by atoms with Gasteiger partial charge in [-0.1, -0.05) is 12.1 Å². The van der Waals surface area contributed by atoms with Crippen LogP contribution in [0.25, 0.3) is 11.6 Å². The van der Waals surface area contributed by atoms with Gasteiger partial charge in [-0.25, -0.2) is 4.98 Å². The molecule has 0 radical (unpaired) electrons. The van der Waals surface area contributed by atoms with Crippen LogP contribution < -0.4 is 9.47 Å². The molecule has 0 atom stereocenters. The Labute approximate surface area is 142 Å². The van der Waals surface area contributed by atoms with Crippen molar-refractivity contribution in [2.45, 2.75) is 26.2 Å². The quantitative estimate of drug-likeness (QED) is 0.845. The van der Waals surface area contributed by atoms with E-state index in [4.69, 9.17) is 9.47 Å². The Hall–Kier alpha value is -2.80. The van der Waals surface area contributed by atoms with Crippen molar-refractivity contribution in [2.75, 3.05) is 13.7 Å². The van der Waals surface area contributed by atoms with E-state index in [0.717, 1.165) is 41.8 Å². The molecule has 3 rings (SSSR count). The highest BCUT2D eigenvalue weighted by Gasteiger charge is 2.19. The lowest BCUT2D eigenvalue weighted by atomic mass is 9.89. The first-order valence-corrected chi connectivity index (χ1v) is 8.17. The molecular weight excluding hydrogens is 300 g/mol. The molecule has 1 heterocycles. The fourth-order valence-electron chi connectivity index (χ4n) is 2.96. The summed E-state index contributed by atoms with van der Waals surface area (Å²) in [5.41, 5.74) is 4.90. The lowest BCUT2D eigenvalue weighted by Gasteiger charge is -2.20. The summed E-state index contributed by atoms with van der Waals surface area (Å²) >= 11 is 0. The second-order valence-corrected chi connectivity index (χ2v) is 5.69. The van der Waals surface area contributed by atoms with Crippen LogP contribution in [-0.2, 0) is 6.42 Å². The molecule has 4 nitrogen and oxygen atoms in total. The second-order valence-electron chi connectivity index (χ2n) is 5.69. The van der Waals surface area contributed by atoms with E-state index in [1.54, 1.807) is 7.11 Å². The molecule has 122 valence electrons. The van der Waals surface area contributed by atoms with Crippen molar-refractivity contribution in [1.29, 1.82) is 5.26 Å².